The lowest BCUT2D eigenvalue weighted by molar-refractivity contribution is -0.131. The highest BCUT2D eigenvalue weighted by atomic mass is 16.5. The first-order valence-corrected chi connectivity index (χ1v) is 20.6. The zero-order valence-corrected chi connectivity index (χ0v) is 35.6. The summed E-state index contributed by atoms with van der Waals surface area (Å²) >= 11 is 0. The minimum absolute atomic E-state index is 0.0414. The summed E-state index contributed by atoms with van der Waals surface area (Å²) in [5.74, 6) is -0.849. The van der Waals surface area contributed by atoms with E-state index in [0.717, 1.165) is 33.8 Å². The summed E-state index contributed by atoms with van der Waals surface area (Å²) in [6.45, 7) is 11.2. The summed E-state index contributed by atoms with van der Waals surface area (Å²) < 4.78 is 4.71. The Morgan fingerprint density at radius 2 is 1.68 bits per heavy atom. The lowest BCUT2D eigenvalue weighted by Crippen LogP contribution is -2.58. The first-order chi connectivity index (χ1) is 28.7. The second-order valence-electron chi connectivity index (χ2n) is 16.4. The van der Waals surface area contributed by atoms with E-state index in [-0.39, 0.29) is 49.8 Å². The van der Waals surface area contributed by atoms with E-state index in [4.69, 9.17) is 4.74 Å². The molecule has 2 aromatic heterocycles. The predicted molar refractivity (Wildman–Crippen MR) is 230 cm³/mol. The maximum Gasteiger partial charge on any atom is 0.406 e. The van der Waals surface area contributed by atoms with Gasteiger partial charge in [-0.15, -0.1) is 0 Å². The number of ether oxygens (including phenoxy) is 1. The molecule has 14 nitrogen and oxygen atoms in total. The molecule has 0 radical (unpaired) electrons. The molecular weight excluding hydrogens is 761 g/mol. The van der Waals surface area contributed by atoms with Crippen LogP contribution in [0.5, 0.6) is 0 Å². The van der Waals surface area contributed by atoms with Crippen LogP contribution in [0.3, 0.4) is 0 Å². The number of hydrazine groups is 1. The molecule has 1 saturated heterocycles. The van der Waals surface area contributed by atoms with Crippen LogP contribution >= 0.6 is 0 Å². The third-order valence-electron chi connectivity index (χ3n) is 10.8. The number of aliphatic hydroxyl groups excluding tert-OH is 1. The molecular formula is C46H60N8O6. The molecule has 1 fully saturated rings. The average molecular weight is 821 g/mol. The van der Waals surface area contributed by atoms with Gasteiger partial charge in [0.2, 0.25) is 11.8 Å². The molecule has 0 bridgehead atoms. The fraction of sp³-hybridized carbons (Fsp3) is 0.435. The van der Waals surface area contributed by atoms with E-state index < -0.39 is 29.7 Å². The molecule has 60 heavy (non-hydrogen) atoms. The molecule has 320 valence electrons. The van der Waals surface area contributed by atoms with Crippen LogP contribution in [-0.4, -0.2) is 105 Å². The van der Waals surface area contributed by atoms with Gasteiger partial charge in [0.1, 0.15) is 6.04 Å². The zero-order valence-electron chi connectivity index (χ0n) is 35.6. The van der Waals surface area contributed by atoms with Crippen LogP contribution in [0.1, 0.15) is 63.1 Å². The van der Waals surface area contributed by atoms with Gasteiger partial charge < -0.3 is 30.3 Å². The van der Waals surface area contributed by atoms with Crippen molar-refractivity contribution in [2.45, 2.75) is 85.2 Å². The van der Waals surface area contributed by atoms with E-state index in [2.05, 4.69) is 26.0 Å². The van der Waals surface area contributed by atoms with Gasteiger partial charge in [0, 0.05) is 56.6 Å². The molecule has 0 aliphatic carbocycles. The maximum absolute atomic E-state index is 14.5. The van der Waals surface area contributed by atoms with Crippen molar-refractivity contribution in [3.63, 3.8) is 0 Å². The Hall–Kier alpha value is -5.86. The first kappa shape index (κ1) is 45.2. The van der Waals surface area contributed by atoms with E-state index in [0.29, 0.717) is 32.5 Å². The van der Waals surface area contributed by atoms with Gasteiger partial charge in [-0.05, 0) is 60.1 Å². The number of amides is 5. The van der Waals surface area contributed by atoms with Gasteiger partial charge in [-0.3, -0.25) is 25.0 Å². The maximum atomic E-state index is 14.5. The molecule has 4 atom stereocenters. The zero-order chi connectivity index (χ0) is 43.2. The second-order valence-corrected chi connectivity index (χ2v) is 16.4. The van der Waals surface area contributed by atoms with E-state index >= 15 is 0 Å². The SMILES string of the molecule is CCC(C)C(C(=O)NC(Cc1ccccc1)C(O)CN(Cc1ccc(-c2ccccn2)cc1)NC(=O)CC(C)(C)CNC(=O)OC)N1CCN(Cc2cccc(C)n2)C1=O. The third kappa shape index (κ3) is 13.1. The van der Waals surface area contributed by atoms with E-state index in [1.165, 1.54) is 7.11 Å². The second kappa shape index (κ2) is 21.4. The van der Waals surface area contributed by atoms with Crippen LogP contribution in [0, 0.1) is 18.3 Å². The van der Waals surface area contributed by atoms with Crippen LogP contribution in [-0.2, 0) is 33.8 Å². The number of carbonyl (C=O) groups is 4. The largest absolute Gasteiger partial charge is 0.453 e. The lowest BCUT2D eigenvalue weighted by Gasteiger charge is -2.35. The number of aliphatic hydroxyl groups is 1. The van der Waals surface area contributed by atoms with Gasteiger partial charge in [0.25, 0.3) is 0 Å². The standard InChI is InChI=1S/C46H60N8O6/c1-7-32(2)42(54-25-24-52(45(54)59)29-37-17-13-14-33(3)49-37)43(57)50-39(26-34-15-9-8-10-16-34)40(55)30-53(51-41(56)27-46(4,5)31-48-44(58)60-6)28-35-19-21-36(22-20-35)38-18-11-12-23-47-38/h8-23,32,39-40,42,55H,7,24-31H2,1-6H3,(H,48,58)(H,50,57)(H,51,56). The molecule has 5 amide bonds. The quantitative estimate of drug-likeness (QED) is 0.0842. The highest BCUT2D eigenvalue weighted by molar-refractivity contribution is 5.88. The van der Waals surface area contributed by atoms with Crippen molar-refractivity contribution in [1.29, 1.82) is 0 Å². The van der Waals surface area contributed by atoms with Crippen LogP contribution < -0.4 is 16.1 Å². The van der Waals surface area contributed by atoms with E-state index in [1.807, 2.05) is 126 Å². The Bertz CT molecular complexity index is 2020. The fourth-order valence-corrected chi connectivity index (χ4v) is 7.37. The molecule has 1 aliphatic heterocycles. The van der Waals surface area contributed by atoms with Crippen molar-refractivity contribution >= 4 is 23.9 Å². The number of benzene rings is 2. The van der Waals surface area contributed by atoms with Gasteiger partial charge >= 0.3 is 12.1 Å². The minimum atomic E-state index is -1.16. The molecule has 0 spiro atoms. The summed E-state index contributed by atoms with van der Waals surface area (Å²) in [6.07, 6.45) is 0.999. The average Bonchev–Trinajstić information content (AvgIpc) is 3.58. The Kier molecular flexibility index (Phi) is 16.1. The molecule has 5 rings (SSSR count). The number of pyridine rings is 2. The normalized spacial score (nSPS) is 15.0. The first-order valence-electron chi connectivity index (χ1n) is 20.6. The van der Waals surface area contributed by atoms with Crippen LogP contribution in [0.2, 0.25) is 0 Å². The number of nitrogens with one attached hydrogen (secondary N) is 3. The van der Waals surface area contributed by atoms with Gasteiger partial charge in [-0.25, -0.2) is 14.6 Å². The van der Waals surface area contributed by atoms with Gasteiger partial charge in [-0.2, -0.15) is 0 Å². The van der Waals surface area contributed by atoms with Crippen molar-refractivity contribution in [1.82, 2.24) is 40.8 Å². The summed E-state index contributed by atoms with van der Waals surface area (Å²) in [7, 11) is 1.28. The van der Waals surface area contributed by atoms with Gasteiger partial charge in [0.15, 0.2) is 0 Å². The Labute approximate surface area is 353 Å². The van der Waals surface area contributed by atoms with Crippen molar-refractivity contribution < 1.29 is 29.0 Å². The number of methoxy groups -OCH3 is 1. The number of hydrogen-bond donors (Lipinski definition) is 4. The summed E-state index contributed by atoms with van der Waals surface area (Å²) in [4.78, 5) is 66.2. The Balaban J connectivity index is 1.37. The van der Waals surface area contributed by atoms with Crippen molar-refractivity contribution in [3.05, 3.63) is 120 Å². The molecule has 0 saturated carbocycles. The van der Waals surface area contributed by atoms with Crippen molar-refractivity contribution in [3.8, 4) is 11.3 Å². The molecule has 4 N–H and O–H groups in total. The van der Waals surface area contributed by atoms with Crippen LogP contribution in [0.15, 0.2) is 97.2 Å². The molecule has 14 heteroatoms. The summed E-state index contributed by atoms with van der Waals surface area (Å²) in [5.41, 5.74) is 7.55. The van der Waals surface area contributed by atoms with Crippen molar-refractivity contribution in [2.75, 3.05) is 33.3 Å². The van der Waals surface area contributed by atoms with Gasteiger partial charge in [-0.1, -0.05) is 101 Å². The third-order valence-corrected chi connectivity index (χ3v) is 10.8. The monoisotopic (exact) mass is 820 g/mol. The molecule has 4 unspecified atom stereocenters. The van der Waals surface area contributed by atoms with Crippen LogP contribution in [0.4, 0.5) is 9.59 Å². The number of alkyl carbamates (subject to hydrolysis) is 1. The number of urea groups is 1. The number of nitrogens with zero attached hydrogens (tertiary/aromatic N) is 5. The molecule has 2 aromatic carbocycles. The highest BCUT2D eigenvalue weighted by Crippen LogP contribution is 2.24. The molecule has 4 aromatic rings. The number of rotatable bonds is 20. The minimum Gasteiger partial charge on any atom is -0.453 e. The van der Waals surface area contributed by atoms with E-state index in [9.17, 15) is 24.3 Å². The lowest BCUT2D eigenvalue weighted by atomic mass is 9.89. The topological polar surface area (TPSA) is 169 Å². The summed E-state index contributed by atoms with van der Waals surface area (Å²) in [6, 6.07) is 27.0. The number of hydrogen-bond acceptors (Lipinski definition) is 9. The Morgan fingerprint density at radius 3 is 2.35 bits per heavy atom. The Morgan fingerprint density at radius 1 is 0.950 bits per heavy atom. The number of carbonyl (C=O) groups excluding carboxylic acids is 4. The number of aryl methyl sites for hydroxylation is 1. The number of aromatic nitrogens is 2. The van der Waals surface area contributed by atoms with E-state index in [1.54, 1.807) is 21.0 Å². The van der Waals surface area contributed by atoms with Crippen molar-refractivity contribution in [2.24, 2.45) is 11.3 Å². The van der Waals surface area contributed by atoms with Gasteiger partial charge in [0.05, 0.1) is 37.2 Å². The fourth-order valence-electron chi connectivity index (χ4n) is 7.37. The molecule has 1 aliphatic rings. The smallest absolute Gasteiger partial charge is 0.406 e. The van der Waals surface area contributed by atoms with Crippen LogP contribution in [0.25, 0.3) is 11.3 Å². The molecule has 3 heterocycles. The summed E-state index contributed by atoms with van der Waals surface area (Å²) in [5, 5.41) is 19.6. The highest BCUT2D eigenvalue weighted by Gasteiger charge is 2.41. The predicted octanol–water partition coefficient (Wildman–Crippen LogP) is 5.50.